The van der Waals surface area contributed by atoms with Crippen molar-refractivity contribution in [1.29, 1.82) is 0 Å². The van der Waals surface area contributed by atoms with Gasteiger partial charge in [-0.25, -0.2) is 0 Å². The van der Waals surface area contributed by atoms with Gasteiger partial charge in [-0.2, -0.15) is 5.10 Å². The van der Waals surface area contributed by atoms with Crippen LogP contribution < -0.4 is 10.2 Å². The average Bonchev–Trinajstić information content (AvgIpc) is 3.03. The number of hydrogen-bond donors (Lipinski definition) is 1. The molecule has 1 aliphatic carbocycles. The number of aromatic nitrogens is 2. The van der Waals surface area contributed by atoms with E-state index in [0.717, 1.165) is 18.3 Å². The molecule has 1 unspecified atom stereocenters. The fourth-order valence-corrected chi connectivity index (χ4v) is 2.81. The van der Waals surface area contributed by atoms with Gasteiger partial charge in [-0.3, -0.25) is 4.68 Å². The van der Waals surface area contributed by atoms with Crippen LogP contribution in [0, 0.1) is 6.92 Å². The Balaban J connectivity index is 1.67. The molecule has 2 fully saturated rings. The summed E-state index contributed by atoms with van der Waals surface area (Å²) in [6.45, 7) is 4.42. The molecule has 94 valence electrons. The van der Waals surface area contributed by atoms with Crippen molar-refractivity contribution in [2.45, 2.75) is 44.7 Å². The van der Waals surface area contributed by atoms with E-state index in [1.807, 2.05) is 11.7 Å². The molecule has 4 heteroatoms. The van der Waals surface area contributed by atoms with Crippen LogP contribution in [0.5, 0.6) is 0 Å². The molecule has 1 aromatic heterocycles. The van der Waals surface area contributed by atoms with Gasteiger partial charge in [0.05, 0.1) is 11.4 Å². The van der Waals surface area contributed by atoms with E-state index in [1.165, 1.54) is 37.9 Å². The highest BCUT2D eigenvalue weighted by Gasteiger charge is 2.28. The molecule has 4 nitrogen and oxygen atoms in total. The van der Waals surface area contributed by atoms with E-state index in [4.69, 9.17) is 0 Å². The predicted molar refractivity (Wildman–Crippen MR) is 69.3 cm³/mol. The molecule has 1 N–H and O–H groups in total. The lowest BCUT2D eigenvalue weighted by molar-refractivity contribution is 0.420. The first-order chi connectivity index (χ1) is 8.22. The molecule has 1 saturated heterocycles. The summed E-state index contributed by atoms with van der Waals surface area (Å²) >= 11 is 0. The zero-order chi connectivity index (χ0) is 11.8. The number of aryl methyl sites for hydroxylation is 2. The Morgan fingerprint density at radius 2 is 2.12 bits per heavy atom. The van der Waals surface area contributed by atoms with Gasteiger partial charge < -0.3 is 10.2 Å². The molecule has 0 amide bonds. The summed E-state index contributed by atoms with van der Waals surface area (Å²) in [5, 5.41) is 8.19. The van der Waals surface area contributed by atoms with Crippen LogP contribution in [0.2, 0.25) is 0 Å². The van der Waals surface area contributed by atoms with E-state index in [9.17, 15) is 0 Å². The van der Waals surface area contributed by atoms with Crippen LogP contribution in [0.1, 0.15) is 31.4 Å². The normalized spacial score (nSPS) is 25.3. The van der Waals surface area contributed by atoms with Crippen LogP contribution >= 0.6 is 0 Å². The molecule has 2 aliphatic rings. The smallest absolute Gasteiger partial charge is 0.0827 e. The summed E-state index contributed by atoms with van der Waals surface area (Å²) in [5.41, 5.74) is 2.47. The second kappa shape index (κ2) is 4.33. The van der Waals surface area contributed by atoms with Crippen molar-refractivity contribution in [2.75, 3.05) is 18.0 Å². The zero-order valence-electron chi connectivity index (χ0n) is 10.8. The Hall–Kier alpha value is -1.03. The minimum atomic E-state index is 0.677. The van der Waals surface area contributed by atoms with Crippen molar-refractivity contribution in [3.63, 3.8) is 0 Å². The number of hydrogen-bond acceptors (Lipinski definition) is 3. The number of piperidine rings is 1. The van der Waals surface area contributed by atoms with Gasteiger partial charge in [0.25, 0.3) is 0 Å². The summed E-state index contributed by atoms with van der Waals surface area (Å²) in [6.07, 6.45) is 7.52. The van der Waals surface area contributed by atoms with Gasteiger partial charge in [0, 0.05) is 38.4 Å². The summed E-state index contributed by atoms with van der Waals surface area (Å²) in [5.74, 6) is 0. The molecule has 1 saturated carbocycles. The van der Waals surface area contributed by atoms with Crippen LogP contribution in [-0.4, -0.2) is 35.0 Å². The standard InChI is InChI=1S/C13H22N4/c1-10-13(9-16(2)15-10)17-7-3-4-12(8-17)14-11-5-6-11/h9,11-12,14H,3-8H2,1-2H3. The molecular formula is C13H22N4. The number of nitrogens with zero attached hydrogens (tertiary/aromatic N) is 3. The quantitative estimate of drug-likeness (QED) is 0.859. The van der Waals surface area contributed by atoms with Crippen LogP contribution in [0.15, 0.2) is 6.20 Å². The molecule has 1 aromatic rings. The van der Waals surface area contributed by atoms with Gasteiger partial charge in [0.2, 0.25) is 0 Å². The van der Waals surface area contributed by atoms with Crippen molar-refractivity contribution in [1.82, 2.24) is 15.1 Å². The van der Waals surface area contributed by atoms with Gasteiger partial charge in [0.15, 0.2) is 0 Å². The maximum absolute atomic E-state index is 4.44. The molecular weight excluding hydrogens is 212 g/mol. The Labute approximate surface area is 103 Å². The van der Waals surface area contributed by atoms with Crippen LogP contribution in [-0.2, 0) is 7.05 Å². The van der Waals surface area contributed by atoms with E-state index in [1.54, 1.807) is 0 Å². The Morgan fingerprint density at radius 1 is 1.29 bits per heavy atom. The van der Waals surface area contributed by atoms with E-state index >= 15 is 0 Å². The molecule has 1 aliphatic heterocycles. The number of rotatable bonds is 3. The highest BCUT2D eigenvalue weighted by atomic mass is 15.3. The highest BCUT2D eigenvalue weighted by Crippen LogP contribution is 2.25. The summed E-state index contributed by atoms with van der Waals surface area (Å²) in [4.78, 5) is 2.49. The minimum Gasteiger partial charge on any atom is -0.367 e. The monoisotopic (exact) mass is 234 g/mol. The lowest BCUT2D eigenvalue weighted by Crippen LogP contribution is -2.46. The molecule has 0 aromatic carbocycles. The second-order valence-electron chi connectivity index (χ2n) is 5.50. The van der Waals surface area contributed by atoms with Gasteiger partial charge in [-0.1, -0.05) is 0 Å². The van der Waals surface area contributed by atoms with Crippen molar-refractivity contribution < 1.29 is 0 Å². The first-order valence-electron chi connectivity index (χ1n) is 6.73. The van der Waals surface area contributed by atoms with E-state index in [-0.39, 0.29) is 0 Å². The molecule has 1 atom stereocenters. The molecule has 17 heavy (non-hydrogen) atoms. The first kappa shape index (κ1) is 11.1. The maximum Gasteiger partial charge on any atom is 0.0827 e. The fraction of sp³-hybridized carbons (Fsp3) is 0.769. The second-order valence-corrected chi connectivity index (χ2v) is 5.50. The lowest BCUT2D eigenvalue weighted by Gasteiger charge is -2.34. The third kappa shape index (κ3) is 2.46. The average molecular weight is 234 g/mol. The van der Waals surface area contributed by atoms with Gasteiger partial charge in [-0.15, -0.1) is 0 Å². The van der Waals surface area contributed by atoms with Crippen LogP contribution in [0.4, 0.5) is 5.69 Å². The molecule has 0 radical (unpaired) electrons. The fourth-order valence-electron chi connectivity index (χ4n) is 2.81. The molecule has 0 bridgehead atoms. The Kier molecular flexibility index (Phi) is 2.82. The number of anilines is 1. The Bertz CT molecular complexity index is 394. The Morgan fingerprint density at radius 3 is 2.76 bits per heavy atom. The van der Waals surface area contributed by atoms with Crippen molar-refractivity contribution in [3.8, 4) is 0 Å². The van der Waals surface area contributed by atoms with Gasteiger partial charge >= 0.3 is 0 Å². The molecule has 0 spiro atoms. The largest absolute Gasteiger partial charge is 0.367 e. The van der Waals surface area contributed by atoms with Gasteiger partial charge in [-0.05, 0) is 32.6 Å². The zero-order valence-corrected chi connectivity index (χ0v) is 10.8. The lowest BCUT2D eigenvalue weighted by atomic mass is 10.0. The van der Waals surface area contributed by atoms with E-state index in [2.05, 4.69) is 28.4 Å². The summed E-state index contributed by atoms with van der Waals surface area (Å²) in [6, 6.07) is 1.49. The summed E-state index contributed by atoms with van der Waals surface area (Å²) in [7, 11) is 2.00. The third-order valence-electron chi connectivity index (χ3n) is 3.80. The highest BCUT2D eigenvalue weighted by molar-refractivity contribution is 5.49. The maximum atomic E-state index is 4.44. The van der Waals surface area contributed by atoms with Gasteiger partial charge in [0.1, 0.15) is 0 Å². The minimum absolute atomic E-state index is 0.677. The SMILES string of the molecule is Cc1nn(C)cc1N1CCCC(NC2CC2)C1. The number of nitrogens with one attached hydrogen (secondary N) is 1. The predicted octanol–water partition coefficient (Wildman–Crippen LogP) is 1.45. The topological polar surface area (TPSA) is 33.1 Å². The van der Waals surface area contributed by atoms with E-state index < -0.39 is 0 Å². The third-order valence-corrected chi connectivity index (χ3v) is 3.80. The molecule has 2 heterocycles. The van der Waals surface area contributed by atoms with Crippen molar-refractivity contribution in [2.24, 2.45) is 7.05 Å². The van der Waals surface area contributed by atoms with Crippen LogP contribution in [0.3, 0.4) is 0 Å². The summed E-state index contributed by atoms with van der Waals surface area (Å²) < 4.78 is 1.92. The first-order valence-corrected chi connectivity index (χ1v) is 6.73. The van der Waals surface area contributed by atoms with Crippen molar-refractivity contribution in [3.05, 3.63) is 11.9 Å². The van der Waals surface area contributed by atoms with Crippen LogP contribution in [0.25, 0.3) is 0 Å². The van der Waals surface area contributed by atoms with Crippen molar-refractivity contribution >= 4 is 5.69 Å². The van der Waals surface area contributed by atoms with E-state index in [0.29, 0.717) is 6.04 Å². The molecule has 3 rings (SSSR count).